The first-order valence-electron chi connectivity index (χ1n) is 5.19. The van der Waals surface area contributed by atoms with Crippen LogP contribution in [0.2, 0.25) is 0 Å². The van der Waals surface area contributed by atoms with Crippen molar-refractivity contribution in [3.63, 3.8) is 0 Å². The average Bonchev–Trinajstić information content (AvgIpc) is 2.79. The van der Waals surface area contributed by atoms with Gasteiger partial charge in [-0.15, -0.1) is 0 Å². The number of nitrogens with one attached hydrogen (secondary N) is 1. The number of sulfonamides is 1. The predicted molar refractivity (Wildman–Crippen MR) is 64.4 cm³/mol. The molecule has 0 unspecified atom stereocenters. The summed E-state index contributed by atoms with van der Waals surface area (Å²) < 4.78 is 27.6. The molecule has 1 heterocycles. The normalized spacial score (nSPS) is 11.4. The van der Waals surface area contributed by atoms with Crippen molar-refractivity contribution in [1.29, 1.82) is 0 Å². The smallest absolute Gasteiger partial charge is 0.273 e. The molecule has 0 aliphatic heterocycles. The molecule has 7 nitrogen and oxygen atoms in total. The number of hydrogen-bond donors (Lipinski definition) is 2. The van der Waals surface area contributed by atoms with Crippen molar-refractivity contribution in [2.45, 2.75) is 12.1 Å². The van der Waals surface area contributed by atoms with Gasteiger partial charge in [0.05, 0.1) is 12.2 Å². The molecule has 0 bridgehead atoms. The Bertz CT molecular complexity index is 651. The summed E-state index contributed by atoms with van der Waals surface area (Å²) in [4.78, 5) is 3.84. The molecule has 0 radical (unpaired) electrons. The third kappa shape index (κ3) is 2.49. The highest BCUT2D eigenvalue weighted by Gasteiger charge is 2.17. The van der Waals surface area contributed by atoms with Crippen LogP contribution in [0, 0.1) is 0 Å². The first-order valence-corrected chi connectivity index (χ1v) is 6.74. The number of aromatic amines is 1. The summed E-state index contributed by atoms with van der Waals surface area (Å²) in [6.07, 6.45) is 0. The molecule has 0 amide bonds. The van der Waals surface area contributed by atoms with Gasteiger partial charge in [0.2, 0.25) is 0 Å². The molecule has 0 saturated carbocycles. The Morgan fingerprint density at radius 1 is 1.39 bits per heavy atom. The molecular weight excluding hydrogens is 256 g/mol. The van der Waals surface area contributed by atoms with Gasteiger partial charge in [-0.3, -0.25) is 0 Å². The number of H-pyrrole nitrogens is 1. The Labute approximate surface area is 104 Å². The second-order valence-electron chi connectivity index (χ2n) is 3.44. The van der Waals surface area contributed by atoms with Crippen LogP contribution in [0.3, 0.4) is 0 Å². The monoisotopic (exact) mass is 268 g/mol. The van der Waals surface area contributed by atoms with E-state index >= 15 is 0 Å². The maximum Gasteiger partial charge on any atom is 0.273 e. The number of benzene rings is 1. The molecule has 1 aromatic carbocycles. The molecule has 0 saturated heterocycles. The lowest BCUT2D eigenvalue weighted by atomic mass is 10.2. The Hall–Kier alpha value is -1.93. The van der Waals surface area contributed by atoms with Crippen LogP contribution in [0.5, 0.6) is 5.75 Å². The molecule has 8 heteroatoms. The molecule has 2 aromatic rings. The largest absolute Gasteiger partial charge is 0.493 e. The van der Waals surface area contributed by atoms with Crippen LogP contribution >= 0.6 is 0 Å². The van der Waals surface area contributed by atoms with Crippen LogP contribution in [0.4, 0.5) is 0 Å². The topological polar surface area (TPSA) is 111 Å². The van der Waals surface area contributed by atoms with E-state index in [0.29, 0.717) is 17.9 Å². The van der Waals surface area contributed by atoms with Gasteiger partial charge < -0.3 is 4.74 Å². The number of para-hydroxylation sites is 1. The summed E-state index contributed by atoms with van der Waals surface area (Å²) in [5.41, 5.74) is 0.602. The van der Waals surface area contributed by atoms with E-state index in [4.69, 9.17) is 9.88 Å². The first kappa shape index (κ1) is 12.5. The van der Waals surface area contributed by atoms with Gasteiger partial charge in [0.15, 0.2) is 5.82 Å². The summed E-state index contributed by atoms with van der Waals surface area (Å²) in [6, 6.07) is 7.08. The van der Waals surface area contributed by atoms with Gasteiger partial charge in [0, 0.05) is 0 Å². The maximum atomic E-state index is 11.1. The van der Waals surface area contributed by atoms with Gasteiger partial charge in [-0.05, 0) is 19.1 Å². The van der Waals surface area contributed by atoms with Crippen molar-refractivity contribution in [3.8, 4) is 17.1 Å². The zero-order chi connectivity index (χ0) is 13.2. The standard InChI is InChI=1S/C10H12N4O3S/c1-2-17-8-6-4-3-5-7(8)9-12-10(14-13-9)18(11,15)16/h3-6H,2H2,1H3,(H2,11,15,16)(H,12,13,14). The Morgan fingerprint density at radius 2 is 2.11 bits per heavy atom. The molecule has 2 rings (SSSR count). The zero-order valence-corrected chi connectivity index (χ0v) is 10.4. The molecule has 0 spiro atoms. The molecule has 0 fully saturated rings. The fourth-order valence-electron chi connectivity index (χ4n) is 1.43. The SMILES string of the molecule is CCOc1ccccc1-c1n[nH]c(S(N)(=O)=O)n1. The maximum absolute atomic E-state index is 11.1. The summed E-state index contributed by atoms with van der Waals surface area (Å²) >= 11 is 0. The Kier molecular flexibility index (Phi) is 3.30. The van der Waals surface area contributed by atoms with E-state index in [9.17, 15) is 8.42 Å². The second-order valence-corrected chi connectivity index (χ2v) is 4.92. The molecular formula is C10H12N4O3S. The van der Waals surface area contributed by atoms with E-state index in [2.05, 4.69) is 15.2 Å². The highest BCUT2D eigenvalue weighted by Crippen LogP contribution is 2.27. The van der Waals surface area contributed by atoms with Crippen LogP contribution < -0.4 is 9.88 Å². The average molecular weight is 268 g/mol. The van der Waals surface area contributed by atoms with Gasteiger partial charge in [0.25, 0.3) is 15.2 Å². The zero-order valence-electron chi connectivity index (χ0n) is 9.62. The summed E-state index contributed by atoms with van der Waals surface area (Å²) in [5.74, 6) is 0.808. The molecule has 18 heavy (non-hydrogen) atoms. The quantitative estimate of drug-likeness (QED) is 0.839. The molecule has 0 aliphatic rings. The number of hydrogen-bond acceptors (Lipinski definition) is 5. The predicted octanol–water partition coefficient (Wildman–Crippen LogP) is 0.518. The highest BCUT2D eigenvalue weighted by molar-refractivity contribution is 7.89. The number of nitrogens with zero attached hydrogens (tertiary/aromatic N) is 2. The molecule has 0 atom stereocenters. The molecule has 96 valence electrons. The van der Waals surface area contributed by atoms with Crippen molar-refractivity contribution < 1.29 is 13.2 Å². The van der Waals surface area contributed by atoms with E-state index < -0.39 is 10.0 Å². The lowest BCUT2D eigenvalue weighted by Gasteiger charge is -2.06. The fraction of sp³-hybridized carbons (Fsp3) is 0.200. The van der Waals surface area contributed by atoms with Crippen molar-refractivity contribution in [2.24, 2.45) is 5.14 Å². The van der Waals surface area contributed by atoms with Crippen LogP contribution in [-0.4, -0.2) is 30.2 Å². The summed E-state index contributed by atoms with van der Waals surface area (Å²) in [6.45, 7) is 2.34. The molecule has 3 N–H and O–H groups in total. The van der Waals surface area contributed by atoms with E-state index in [1.807, 2.05) is 13.0 Å². The van der Waals surface area contributed by atoms with Crippen molar-refractivity contribution in [1.82, 2.24) is 15.2 Å². The minimum absolute atomic E-state index is 0.225. The van der Waals surface area contributed by atoms with E-state index in [-0.39, 0.29) is 11.0 Å². The summed E-state index contributed by atoms with van der Waals surface area (Å²) in [5, 5.41) is 10.7. The third-order valence-electron chi connectivity index (χ3n) is 2.16. The van der Waals surface area contributed by atoms with Gasteiger partial charge >= 0.3 is 0 Å². The lowest BCUT2D eigenvalue weighted by molar-refractivity contribution is 0.341. The first-order chi connectivity index (χ1) is 8.52. The lowest BCUT2D eigenvalue weighted by Crippen LogP contribution is -2.13. The van der Waals surface area contributed by atoms with Crippen molar-refractivity contribution in [2.75, 3.05) is 6.61 Å². The highest BCUT2D eigenvalue weighted by atomic mass is 32.2. The Morgan fingerprint density at radius 3 is 2.72 bits per heavy atom. The minimum atomic E-state index is -3.89. The van der Waals surface area contributed by atoms with E-state index in [0.717, 1.165) is 0 Å². The number of ether oxygens (including phenoxy) is 1. The third-order valence-corrected chi connectivity index (χ3v) is 2.88. The molecule has 0 aliphatic carbocycles. The van der Waals surface area contributed by atoms with Crippen molar-refractivity contribution in [3.05, 3.63) is 24.3 Å². The Balaban J connectivity index is 2.46. The molecule has 1 aromatic heterocycles. The summed E-state index contributed by atoms with van der Waals surface area (Å²) in [7, 11) is -3.89. The number of nitrogens with two attached hydrogens (primary N) is 1. The van der Waals surface area contributed by atoms with Gasteiger partial charge in [-0.1, -0.05) is 12.1 Å². The van der Waals surface area contributed by atoms with Crippen LogP contribution in [-0.2, 0) is 10.0 Å². The van der Waals surface area contributed by atoms with Gasteiger partial charge in [0.1, 0.15) is 5.75 Å². The number of aromatic nitrogens is 3. The van der Waals surface area contributed by atoms with Gasteiger partial charge in [-0.25, -0.2) is 18.7 Å². The minimum Gasteiger partial charge on any atom is -0.493 e. The van der Waals surface area contributed by atoms with Crippen LogP contribution in [0.15, 0.2) is 29.4 Å². The van der Waals surface area contributed by atoms with Crippen LogP contribution in [0.1, 0.15) is 6.92 Å². The van der Waals surface area contributed by atoms with Gasteiger partial charge in [-0.2, -0.15) is 10.1 Å². The number of primary sulfonamides is 1. The fourth-order valence-corrected chi connectivity index (χ4v) is 1.81. The van der Waals surface area contributed by atoms with Crippen LogP contribution in [0.25, 0.3) is 11.4 Å². The van der Waals surface area contributed by atoms with Crippen molar-refractivity contribution >= 4 is 10.0 Å². The second kappa shape index (κ2) is 4.75. The van der Waals surface area contributed by atoms with E-state index in [1.54, 1.807) is 18.2 Å². The van der Waals surface area contributed by atoms with E-state index in [1.165, 1.54) is 0 Å². The number of rotatable bonds is 4.